The van der Waals surface area contributed by atoms with Gasteiger partial charge in [-0.3, -0.25) is 0 Å². The molecular weight excluding hydrogens is 391 g/mol. The van der Waals surface area contributed by atoms with Crippen LogP contribution in [0.2, 0.25) is 0 Å². The molecule has 1 unspecified atom stereocenters. The summed E-state index contributed by atoms with van der Waals surface area (Å²) in [7, 11) is 0. The van der Waals surface area contributed by atoms with Gasteiger partial charge in [0.05, 0.1) is 6.26 Å². The van der Waals surface area contributed by atoms with Gasteiger partial charge in [-0.2, -0.15) is 0 Å². The van der Waals surface area contributed by atoms with E-state index in [1.54, 1.807) is 6.26 Å². The first-order valence-corrected chi connectivity index (χ1v) is 10.4. The Morgan fingerprint density at radius 1 is 0.964 bits per heavy atom. The smallest absolute Gasteiger partial charge is 0.111 e. The lowest BCUT2D eigenvalue weighted by molar-refractivity contribution is 0.115. The Bertz CT molecular complexity index is 647. The Labute approximate surface area is 181 Å². The van der Waals surface area contributed by atoms with Crippen LogP contribution in [0.4, 0.5) is 0 Å². The molecule has 2 heterocycles. The van der Waals surface area contributed by atoms with Crippen LogP contribution in [0.3, 0.4) is 0 Å². The van der Waals surface area contributed by atoms with Gasteiger partial charge >= 0.3 is 0 Å². The Hall–Kier alpha value is -1.00. The average Bonchev–Trinajstić information content (AvgIpc) is 3.23. The second-order valence-corrected chi connectivity index (χ2v) is 8.25. The van der Waals surface area contributed by atoms with Crippen LogP contribution in [0, 0.1) is 5.41 Å². The number of halogens is 2. The van der Waals surface area contributed by atoms with Crippen molar-refractivity contribution in [2.24, 2.45) is 5.41 Å². The third-order valence-electron chi connectivity index (χ3n) is 6.67. The fourth-order valence-electron chi connectivity index (χ4n) is 4.97. The van der Waals surface area contributed by atoms with Crippen molar-refractivity contribution in [2.45, 2.75) is 56.9 Å². The van der Waals surface area contributed by atoms with Gasteiger partial charge in [0, 0.05) is 12.0 Å². The van der Waals surface area contributed by atoms with Gasteiger partial charge in [-0.1, -0.05) is 30.3 Å². The largest absolute Gasteiger partial charge is 0.469 e. The van der Waals surface area contributed by atoms with Crippen molar-refractivity contribution in [3.63, 3.8) is 0 Å². The topological polar surface area (TPSA) is 37.2 Å². The lowest BCUT2D eigenvalue weighted by atomic mass is 9.67. The van der Waals surface area contributed by atoms with E-state index in [1.165, 1.54) is 57.2 Å². The summed E-state index contributed by atoms with van der Waals surface area (Å²) in [5.41, 5.74) is 2.01. The highest BCUT2D eigenvalue weighted by molar-refractivity contribution is 5.85. The summed E-state index contributed by atoms with van der Waals surface area (Å²) in [5, 5.41) is 7.37. The minimum absolute atomic E-state index is 0. The number of rotatable bonds is 6. The molecule has 1 aromatic heterocycles. The maximum absolute atomic E-state index is 5.73. The van der Waals surface area contributed by atoms with Crippen molar-refractivity contribution in [1.82, 2.24) is 10.6 Å². The zero-order valence-electron chi connectivity index (χ0n) is 16.6. The Kier molecular flexibility index (Phi) is 9.36. The molecule has 2 fully saturated rings. The van der Waals surface area contributed by atoms with E-state index in [-0.39, 0.29) is 24.8 Å². The molecule has 1 saturated heterocycles. The number of hydrogen-bond donors (Lipinski definition) is 2. The van der Waals surface area contributed by atoms with Crippen molar-refractivity contribution in [2.75, 3.05) is 19.6 Å². The summed E-state index contributed by atoms with van der Waals surface area (Å²) in [6.07, 6.45) is 11.1. The number of furan rings is 1. The minimum Gasteiger partial charge on any atom is -0.469 e. The van der Waals surface area contributed by atoms with E-state index in [9.17, 15) is 0 Å². The van der Waals surface area contributed by atoms with Gasteiger partial charge in [-0.15, -0.1) is 24.8 Å². The Morgan fingerprint density at radius 3 is 2.32 bits per heavy atom. The van der Waals surface area contributed by atoms with Gasteiger partial charge in [0.2, 0.25) is 0 Å². The van der Waals surface area contributed by atoms with Gasteiger partial charge < -0.3 is 15.1 Å². The van der Waals surface area contributed by atoms with E-state index < -0.39 is 0 Å². The summed E-state index contributed by atoms with van der Waals surface area (Å²) in [5.74, 6) is 1.42. The highest BCUT2D eigenvalue weighted by Gasteiger charge is 2.35. The van der Waals surface area contributed by atoms with E-state index in [4.69, 9.17) is 4.42 Å². The lowest BCUT2D eigenvalue weighted by Gasteiger charge is -2.43. The van der Waals surface area contributed by atoms with Crippen LogP contribution in [-0.4, -0.2) is 25.7 Å². The van der Waals surface area contributed by atoms with Crippen LogP contribution in [-0.2, 0) is 0 Å². The van der Waals surface area contributed by atoms with E-state index in [0.717, 1.165) is 18.7 Å². The standard InChI is InChI=1S/C23H32N2O.2ClH/c1-2-5-19(6-3-1)21(22-7-4-18-26-22)10-15-25-20-8-11-23(12-9-20)13-16-24-17-14-23;;/h1-7,18,20-21,24-25H,8-17H2;2*1H. The van der Waals surface area contributed by atoms with E-state index in [0.29, 0.717) is 17.4 Å². The zero-order valence-corrected chi connectivity index (χ0v) is 18.2. The highest BCUT2D eigenvalue weighted by atomic mass is 35.5. The van der Waals surface area contributed by atoms with Crippen LogP contribution < -0.4 is 10.6 Å². The van der Waals surface area contributed by atoms with E-state index in [2.05, 4.69) is 47.0 Å². The van der Waals surface area contributed by atoms with Crippen molar-refractivity contribution in [3.05, 3.63) is 60.1 Å². The fourth-order valence-corrected chi connectivity index (χ4v) is 4.97. The molecule has 0 radical (unpaired) electrons. The molecule has 2 aromatic rings. The average molecular weight is 425 g/mol. The lowest BCUT2D eigenvalue weighted by Crippen LogP contribution is -2.43. The van der Waals surface area contributed by atoms with Crippen LogP contribution in [0.1, 0.15) is 62.2 Å². The molecule has 1 spiro atoms. The SMILES string of the molecule is Cl.Cl.c1ccc(C(CCNC2CCC3(CCNCC3)CC2)c2ccco2)cc1. The van der Waals surface area contributed by atoms with Crippen molar-refractivity contribution < 1.29 is 4.42 Å². The number of hydrogen-bond acceptors (Lipinski definition) is 3. The molecule has 5 heteroatoms. The second-order valence-electron chi connectivity index (χ2n) is 8.25. The first-order valence-electron chi connectivity index (χ1n) is 10.4. The van der Waals surface area contributed by atoms with E-state index >= 15 is 0 Å². The normalized spacial score (nSPS) is 20.1. The van der Waals surface area contributed by atoms with Crippen LogP contribution in [0.15, 0.2) is 53.1 Å². The maximum Gasteiger partial charge on any atom is 0.111 e. The second kappa shape index (κ2) is 11.3. The van der Waals surface area contributed by atoms with Crippen LogP contribution in [0.5, 0.6) is 0 Å². The summed E-state index contributed by atoms with van der Waals surface area (Å²) >= 11 is 0. The molecule has 1 saturated carbocycles. The Balaban J connectivity index is 0.00000140. The van der Waals surface area contributed by atoms with Crippen LogP contribution >= 0.6 is 24.8 Å². The maximum atomic E-state index is 5.73. The predicted molar refractivity (Wildman–Crippen MR) is 121 cm³/mol. The fraction of sp³-hybridized carbons (Fsp3) is 0.565. The van der Waals surface area contributed by atoms with Gasteiger partial charge in [0.1, 0.15) is 5.76 Å². The summed E-state index contributed by atoms with van der Waals surface area (Å²) in [6.45, 7) is 3.50. The molecule has 156 valence electrons. The van der Waals surface area contributed by atoms with Crippen molar-refractivity contribution in [1.29, 1.82) is 0 Å². The van der Waals surface area contributed by atoms with Gasteiger partial charge in [0.25, 0.3) is 0 Å². The third kappa shape index (κ3) is 5.76. The molecule has 0 amide bonds. The van der Waals surface area contributed by atoms with E-state index in [1.807, 2.05) is 6.07 Å². The van der Waals surface area contributed by atoms with Crippen molar-refractivity contribution >= 4 is 24.8 Å². The van der Waals surface area contributed by atoms with Gasteiger partial charge in [0.15, 0.2) is 0 Å². The molecule has 28 heavy (non-hydrogen) atoms. The predicted octanol–water partition coefficient (Wildman–Crippen LogP) is 5.55. The third-order valence-corrected chi connectivity index (χ3v) is 6.67. The van der Waals surface area contributed by atoms with Crippen LogP contribution in [0.25, 0.3) is 0 Å². The molecule has 1 aromatic carbocycles. The number of piperidine rings is 1. The zero-order chi connectivity index (χ0) is 17.7. The molecule has 1 atom stereocenters. The molecule has 0 bridgehead atoms. The molecule has 4 rings (SSSR count). The summed E-state index contributed by atoms with van der Waals surface area (Å²) < 4.78 is 5.73. The number of nitrogens with one attached hydrogen (secondary N) is 2. The Morgan fingerprint density at radius 2 is 1.68 bits per heavy atom. The quantitative estimate of drug-likeness (QED) is 0.638. The summed E-state index contributed by atoms with van der Waals surface area (Å²) in [6, 6.07) is 15.6. The molecular formula is C23H34Cl2N2O. The monoisotopic (exact) mass is 424 g/mol. The van der Waals surface area contributed by atoms with Gasteiger partial charge in [-0.25, -0.2) is 0 Å². The summed E-state index contributed by atoms with van der Waals surface area (Å²) in [4.78, 5) is 0. The number of benzene rings is 1. The molecule has 2 aliphatic rings. The minimum atomic E-state index is 0. The molecule has 1 aliphatic carbocycles. The van der Waals surface area contributed by atoms with Gasteiger partial charge in [-0.05, 0) is 87.7 Å². The molecule has 1 aliphatic heterocycles. The first kappa shape index (κ1) is 23.3. The highest BCUT2D eigenvalue weighted by Crippen LogP contribution is 2.43. The molecule has 3 nitrogen and oxygen atoms in total. The van der Waals surface area contributed by atoms with Crippen molar-refractivity contribution in [3.8, 4) is 0 Å². The molecule has 2 N–H and O–H groups in total. The first-order chi connectivity index (χ1) is 12.8.